The molecule has 0 bridgehead atoms. The topological polar surface area (TPSA) is 41.5 Å². The van der Waals surface area contributed by atoms with Crippen molar-refractivity contribution in [3.05, 3.63) is 35.4 Å². The van der Waals surface area contributed by atoms with E-state index in [2.05, 4.69) is 26.3 Å². The number of hydrogen-bond donors (Lipinski definition) is 1. The van der Waals surface area contributed by atoms with E-state index in [4.69, 9.17) is 0 Å². The average Bonchev–Trinajstić information content (AvgIpc) is 2.27. The molecule has 1 N–H and O–H groups in total. The van der Waals surface area contributed by atoms with Crippen LogP contribution in [0.4, 0.5) is 0 Å². The number of carbonyl (C=O) groups is 1. The Morgan fingerprint density at radius 2 is 2.00 bits per heavy atom. The van der Waals surface area contributed by atoms with Gasteiger partial charge >= 0.3 is 104 Å². The Kier molecular flexibility index (Phi) is 5.23. The molecule has 85 valence electrons. The number of aryl methyl sites for hydroxylation is 1. The van der Waals surface area contributed by atoms with Gasteiger partial charge < -0.3 is 0 Å². The number of aliphatic imine (C=N–C) groups is 1. The summed E-state index contributed by atoms with van der Waals surface area (Å²) in [4.78, 5) is 15.9. The second-order valence-electron chi connectivity index (χ2n) is 3.51. The fraction of sp³-hybridized carbons (Fsp3) is 0.333. The first kappa shape index (κ1) is 12.9. The zero-order valence-electron chi connectivity index (χ0n) is 9.49. The molecule has 0 atom stereocenters. The van der Waals surface area contributed by atoms with E-state index in [1.54, 1.807) is 12.1 Å². The average molecular weight is 282 g/mol. The van der Waals surface area contributed by atoms with Crippen LogP contribution in [0.25, 0.3) is 0 Å². The summed E-state index contributed by atoms with van der Waals surface area (Å²) < 4.78 is 0.549. The summed E-state index contributed by atoms with van der Waals surface area (Å²) in [6.07, 6.45) is 0.964. The second-order valence-corrected chi connectivity index (χ2v) is 4.32. The van der Waals surface area contributed by atoms with Gasteiger partial charge in [0.25, 0.3) is 0 Å². The van der Waals surface area contributed by atoms with Crippen LogP contribution >= 0.6 is 0 Å². The predicted octanol–water partition coefficient (Wildman–Crippen LogP) is 1.66. The molecule has 0 spiro atoms. The minimum absolute atomic E-state index is 0.131. The van der Waals surface area contributed by atoms with E-state index < -0.39 is 0 Å². The van der Waals surface area contributed by atoms with Gasteiger partial charge in [0, 0.05) is 0 Å². The van der Waals surface area contributed by atoms with Crippen LogP contribution in [0.3, 0.4) is 0 Å². The monoisotopic (exact) mass is 283 g/mol. The van der Waals surface area contributed by atoms with Gasteiger partial charge in [-0.2, -0.15) is 0 Å². The van der Waals surface area contributed by atoms with Crippen molar-refractivity contribution in [1.29, 1.82) is 0 Å². The third-order valence-electron chi connectivity index (χ3n) is 2.01. The van der Waals surface area contributed by atoms with Crippen LogP contribution in [-0.2, 0) is 0 Å². The molecule has 16 heavy (non-hydrogen) atoms. The summed E-state index contributed by atoms with van der Waals surface area (Å²) in [6.45, 7) is 4.75. The normalized spacial score (nSPS) is 11.2. The summed E-state index contributed by atoms with van der Waals surface area (Å²) in [5, 5.41) is 2.71. The van der Waals surface area contributed by atoms with Crippen LogP contribution in [0.2, 0.25) is 0 Å². The maximum atomic E-state index is 11.7. The maximum absolute atomic E-state index is 11.7. The van der Waals surface area contributed by atoms with E-state index in [9.17, 15) is 4.79 Å². The van der Waals surface area contributed by atoms with Gasteiger partial charge in [-0.3, -0.25) is 0 Å². The fourth-order valence-electron chi connectivity index (χ4n) is 1.13. The van der Waals surface area contributed by atoms with E-state index in [-0.39, 0.29) is 5.91 Å². The molecule has 0 heterocycles. The minimum atomic E-state index is -0.131. The Balaban J connectivity index is 2.62. The van der Waals surface area contributed by atoms with Crippen molar-refractivity contribution < 1.29 is 4.79 Å². The summed E-state index contributed by atoms with van der Waals surface area (Å²) in [7, 11) is 0. The van der Waals surface area contributed by atoms with Gasteiger partial charge in [-0.25, -0.2) is 0 Å². The van der Waals surface area contributed by atoms with Crippen LogP contribution in [0.1, 0.15) is 29.3 Å². The first-order chi connectivity index (χ1) is 7.63. The van der Waals surface area contributed by atoms with Gasteiger partial charge in [0.15, 0.2) is 0 Å². The van der Waals surface area contributed by atoms with Crippen molar-refractivity contribution in [2.45, 2.75) is 20.3 Å². The standard InChI is InChI=1S/C12H15N2OSe/c1-3-8-13-12(16)14-11(15)10-6-4-9(2)5-7-10/h4-7H,3,8H2,1-2H3,(H,13,14,15). The molecule has 1 aromatic rings. The van der Waals surface area contributed by atoms with Crippen molar-refractivity contribution in [3.63, 3.8) is 0 Å². The van der Waals surface area contributed by atoms with Gasteiger partial charge in [-0.1, -0.05) is 0 Å². The summed E-state index contributed by atoms with van der Waals surface area (Å²) in [5.74, 6) is -0.131. The zero-order chi connectivity index (χ0) is 12.0. The van der Waals surface area contributed by atoms with Crippen LogP contribution in [-0.4, -0.2) is 33.2 Å². The predicted molar refractivity (Wildman–Crippen MR) is 67.0 cm³/mol. The van der Waals surface area contributed by atoms with Crippen molar-refractivity contribution in [1.82, 2.24) is 5.32 Å². The number of nitrogens with one attached hydrogen (secondary N) is 1. The van der Waals surface area contributed by atoms with Crippen molar-refractivity contribution in [2.24, 2.45) is 4.99 Å². The van der Waals surface area contributed by atoms with Gasteiger partial charge in [0.1, 0.15) is 0 Å². The zero-order valence-corrected chi connectivity index (χ0v) is 11.2. The van der Waals surface area contributed by atoms with E-state index >= 15 is 0 Å². The SMILES string of the molecule is CCCN=C([Se])NC(=O)c1ccc(C)cc1. The Morgan fingerprint density at radius 3 is 2.56 bits per heavy atom. The molecule has 0 saturated heterocycles. The molecule has 0 aliphatic carbocycles. The third-order valence-corrected chi connectivity index (χ3v) is 2.50. The molecule has 3 nitrogen and oxygen atoms in total. The molecule has 0 aromatic heterocycles. The third kappa shape index (κ3) is 4.17. The van der Waals surface area contributed by atoms with E-state index in [0.29, 0.717) is 10.3 Å². The Hall–Kier alpha value is -1.12. The molecular weight excluding hydrogens is 267 g/mol. The van der Waals surface area contributed by atoms with Gasteiger partial charge in [-0.15, -0.1) is 0 Å². The fourth-order valence-corrected chi connectivity index (χ4v) is 1.51. The molecule has 0 aliphatic rings. The molecule has 1 aromatic carbocycles. The summed E-state index contributed by atoms with van der Waals surface area (Å²) in [5.41, 5.74) is 1.78. The second kappa shape index (κ2) is 6.46. The van der Waals surface area contributed by atoms with Crippen molar-refractivity contribution >= 4 is 26.7 Å². The molecule has 0 aliphatic heterocycles. The van der Waals surface area contributed by atoms with Gasteiger partial charge in [-0.05, 0) is 0 Å². The number of nitrogens with zero attached hydrogens (tertiary/aromatic N) is 1. The molecule has 4 heteroatoms. The van der Waals surface area contributed by atoms with Crippen LogP contribution in [0.5, 0.6) is 0 Å². The van der Waals surface area contributed by atoms with Crippen LogP contribution in [0, 0.1) is 6.92 Å². The van der Waals surface area contributed by atoms with E-state index in [0.717, 1.165) is 18.5 Å². The Bertz CT molecular complexity index is 385. The first-order valence-electron chi connectivity index (χ1n) is 5.23. The van der Waals surface area contributed by atoms with Crippen molar-refractivity contribution in [3.8, 4) is 0 Å². The van der Waals surface area contributed by atoms with E-state index in [1.165, 1.54) is 0 Å². The first-order valence-corrected chi connectivity index (χ1v) is 6.08. The van der Waals surface area contributed by atoms with E-state index in [1.807, 2.05) is 26.0 Å². The quantitative estimate of drug-likeness (QED) is 0.511. The van der Waals surface area contributed by atoms with Gasteiger partial charge in [0.2, 0.25) is 0 Å². The van der Waals surface area contributed by atoms with Crippen LogP contribution < -0.4 is 5.32 Å². The number of hydrogen-bond acceptors (Lipinski definition) is 2. The number of carbonyl (C=O) groups excluding carboxylic acids is 1. The summed E-state index contributed by atoms with van der Waals surface area (Å²) >= 11 is 2.74. The molecule has 0 saturated carbocycles. The number of benzene rings is 1. The Morgan fingerprint density at radius 1 is 1.38 bits per heavy atom. The number of rotatable bonds is 3. The van der Waals surface area contributed by atoms with Gasteiger partial charge in [0.05, 0.1) is 0 Å². The molecule has 1 rings (SSSR count). The van der Waals surface area contributed by atoms with Crippen LogP contribution in [0.15, 0.2) is 29.3 Å². The molecule has 1 amide bonds. The molecular formula is C12H15N2OSe. The molecule has 0 fully saturated rings. The number of amides is 1. The summed E-state index contributed by atoms with van der Waals surface area (Å²) in [6, 6.07) is 7.43. The van der Waals surface area contributed by atoms with Crippen molar-refractivity contribution in [2.75, 3.05) is 6.54 Å². The molecule has 1 radical (unpaired) electrons. The number of amidine groups is 1. The molecule has 0 unspecified atom stereocenters. The Labute approximate surface area is 104 Å².